The van der Waals surface area contributed by atoms with Crippen LogP contribution in [0.2, 0.25) is 0 Å². The zero-order valence-electron chi connectivity index (χ0n) is 14.2. The van der Waals surface area contributed by atoms with Gasteiger partial charge in [-0.1, -0.05) is 19.9 Å². The van der Waals surface area contributed by atoms with Crippen LogP contribution in [0.25, 0.3) is 0 Å². The van der Waals surface area contributed by atoms with Crippen molar-refractivity contribution in [1.82, 2.24) is 9.80 Å². The number of nitrogens with one attached hydrogen (secondary N) is 1. The van der Waals surface area contributed by atoms with E-state index in [0.717, 1.165) is 36.4 Å². The lowest BCUT2D eigenvalue weighted by Crippen LogP contribution is -2.39. The first-order valence-corrected chi connectivity index (χ1v) is 7.57. The maximum atomic E-state index is 12.9. The van der Waals surface area contributed by atoms with Crippen molar-refractivity contribution in [3.05, 3.63) is 29.3 Å². The van der Waals surface area contributed by atoms with Crippen molar-refractivity contribution in [2.24, 2.45) is 5.92 Å². The van der Waals surface area contributed by atoms with Gasteiger partial charge in [-0.05, 0) is 44.6 Å². The van der Waals surface area contributed by atoms with Crippen molar-refractivity contribution in [3.63, 3.8) is 0 Å². The number of carbonyl (C=O) groups excluding carboxylic acids is 1. The maximum Gasteiger partial charge on any atom is 0.256 e. The molecule has 0 heterocycles. The summed E-state index contributed by atoms with van der Waals surface area (Å²) in [6.45, 7) is 8.73. The summed E-state index contributed by atoms with van der Waals surface area (Å²) in [4.78, 5) is 16.9. The van der Waals surface area contributed by atoms with E-state index < -0.39 is 0 Å². The third-order valence-corrected chi connectivity index (χ3v) is 3.36. The smallest absolute Gasteiger partial charge is 0.256 e. The minimum absolute atomic E-state index is 0.106. The van der Waals surface area contributed by atoms with Gasteiger partial charge in [-0.15, -0.1) is 0 Å². The van der Waals surface area contributed by atoms with E-state index in [9.17, 15) is 4.79 Å². The van der Waals surface area contributed by atoms with Crippen molar-refractivity contribution in [2.75, 3.05) is 46.1 Å². The lowest BCUT2D eigenvalue weighted by molar-refractivity contribution is 0.0725. The molecule has 1 rings (SSSR count). The number of nitrogens with zero attached hydrogens (tertiary/aromatic N) is 2. The number of carbonyl (C=O) groups is 1. The Morgan fingerprint density at radius 2 is 1.90 bits per heavy atom. The summed E-state index contributed by atoms with van der Waals surface area (Å²) in [6, 6.07) is 5.94. The topological polar surface area (TPSA) is 35.6 Å². The molecule has 4 heteroatoms. The van der Waals surface area contributed by atoms with Crippen LogP contribution in [0.5, 0.6) is 0 Å². The summed E-state index contributed by atoms with van der Waals surface area (Å²) in [7, 11) is 5.92. The monoisotopic (exact) mass is 291 g/mol. The van der Waals surface area contributed by atoms with Gasteiger partial charge in [0.15, 0.2) is 0 Å². The minimum Gasteiger partial charge on any atom is -0.387 e. The molecule has 0 saturated heterocycles. The van der Waals surface area contributed by atoms with Crippen LogP contribution in [0.15, 0.2) is 18.2 Å². The largest absolute Gasteiger partial charge is 0.387 e. The number of anilines is 1. The molecule has 1 aromatic rings. The molecule has 1 N–H and O–H groups in total. The first-order chi connectivity index (χ1) is 9.85. The Morgan fingerprint density at radius 1 is 1.24 bits per heavy atom. The van der Waals surface area contributed by atoms with Crippen LogP contribution in [0.1, 0.15) is 29.8 Å². The molecule has 0 radical (unpaired) electrons. The molecule has 1 aromatic carbocycles. The van der Waals surface area contributed by atoms with Gasteiger partial charge >= 0.3 is 0 Å². The lowest BCUT2D eigenvalue weighted by Gasteiger charge is -2.27. The van der Waals surface area contributed by atoms with Crippen LogP contribution in [0.3, 0.4) is 0 Å². The van der Waals surface area contributed by atoms with Gasteiger partial charge in [-0.3, -0.25) is 4.79 Å². The van der Waals surface area contributed by atoms with E-state index in [2.05, 4.69) is 24.1 Å². The average molecular weight is 291 g/mol. The summed E-state index contributed by atoms with van der Waals surface area (Å²) in [5.41, 5.74) is 2.81. The average Bonchev–Trinajstić information content (AvgIpc) is 2.42. The first-order valence-electron chi connectivity index (χ1n) is 7.57. The lowest BCUT2D eigenvalue weighted by atomic mass is 10.1. The van der Waals surface area contributed by atoms with E-state index in [1.54, 1.807) is 0 Å². The number of aryl methyl sites for hydroxylation is 1. The molecular weight excluding hydrogens is 262 g/mol. The summed E-state index contributed by atoms with van der Waals surface area (Å²) in [6.07, 6.45) is 0. The Hall–Kier alpha value is -1.55. The molecule has 118 valence electrons. The van der Waals surface area contributed by atoms with Crippen molar-refractivity contribution in [3.8, 4) is 0 Å². The fourth-order valence-electron chi connectivity index (χ4n) is 2.26. The van der Waals surface area contributed by atoms with Crippen LogP contribution < -0.4 is 5.32 Å². The predicted octanol–water partition coefficient (Wildman–Crippen LogP) is 2.70. The van der Waals surface area contributed by atoms with E-state index in [-0.39, 0.29) is 5.91 Å². The molecule has 0 atom stereocenters. The van der Waals surface area contributed by atoms with Crippen molar-refractivity contribution in [2.45, 2.75) is 20.8 Å². The summed E-state index contributed by atoms with van der Waals surface area (Å²) in [5, 5.41) is 3.13. The van der Waals surface area contributed by atoms with Crippen LogP contribution in [0.4, 0.5) is 5.69 Å². The van der Waals surface area contributed by atoms with Gasteiger partial charge in [-0.25, -0.2) is 0 Å². The van der Waals surface area contributed by atoms with E-state index in [1.165, 1.54) is 0 Å². The molecule has 0 aliphatic carbocycles. The second-order valence-corrected chi connectivity index (χ2v) is 6.25. The van der Waals surface area contributed by atoms with Gasteiger partial charge in [0.1, 0.15) is 0 Å². The van der Waals surface area contributed by atoms with Gasteiger partial charge < -0.3 is 15.1 Å². The Morgan fingerprint density at radius 3 is 2.43 bits per heavy atom. The van der Waals surface area contributed by atoms with E-state index >= 15 is 0 Å². The summed E-state index contributed by atoms with van der Waals surface area (Å²) < 4.78 is 0. The van der Waals surface area contributed by atoms with Crippen molar-refractivity contribution >= 4 is 11.6 Å². The second-order valence-electron chi connectivity index (χ2n) is 6.25. The first kappa shape index (κ1) is 17.5. The number of benzene rings is 1. The predicted molar refractivity (Wildman–Crippen MR) is 90.0 cm³/mol. The number of hydrogen-bond acceptors (Lipinski definition) is 3. The Bertz CT molecular complexity index is 469. The van der Waals surface area contributed by atoms with Crippen LogP contribution >= 0.6 is 0 Å². The third-order valence-electron chi connectivity index (χ3n) is 3.36. The molecule has 0 aliphatic rings. The van der Waals surface area contributed by atoms with E-state index in [0.29, 0.717) is 5.92 Å². The Labute approximate surface area is 129 Å². The van der Waals surface area contributed by atoms with Gasteiger partial charge in [0.25, 0.3) is 5.91 Å². The molecule has 0 saturated carbocycles. The standard InChI is InChI=1S/C17H29N3O/c1-13(2)12-20(10-9-19(5)6)17(21)15-8-7-14(3)11-16(15)18-4/h7-8,11,13,18H,9-10,12H2,1-6H3. The van der Waals surface area contributed by atoms with Gasteiger partial charge in [-0.2, -0.15) is 0 Å². The summed E-state index contributed by atoms with van der Waals surface area (Å²) in [5.74, 6) is 0.564. The van der Waals surface area contributed by atoms with Crippen LogP contribution in [0, 0.1) is 12.8 Å². The normalized spacial score (nSPS) is 11.0. The Balaban J connectivity index is 2.98. The number of likely N-dealkylation sites (N-methyl/N-ethyl adjacent to an activating group) is 1. The SMILES string of the molecule is CNc1cc(C)ccc1C(=O)N(CCN(C)C)CC(C)C. The van der Waals surface area contributed by atoms with Crippen molar-refractivity contribution in [1.29, 1.82) is 0 Å². The molecule has 21 heavy (non-hydrogen) atoms. The van der Waals surface area contributed by atoms with E-state index in [1.807, 2.05) is 51.2 Å². The van der Waals surface area contributed by atoms with Crippen LogP contribution in [-0.4, -0.2) is 56.5 Å². The maximum absolute atomic E-state index is 12.9. The second kappa shape index (κ2) is 8.03. The van der Waals surface area contributed by atoms with E-state index in [4.69, 9.17) is 0 Å². The number of rotatable bonds is 7. The van der Waals surface area contributed by atoms with Gasteiger partial charge in [0.05, 0.1) is 5.56 Å². The van der Waals surface area contributed by atoms with Crippen molar-refractivity contribution < 1.29 is 4.79 Å². The number of hydrogen-bond donors (Lipinski definition) is 1. The third kappa shape index (κ3) is 5.38. The number of amides is 1. The molecule has 0 bridgehead atoms. The molecule has 0 aromatic heterocycles. The summed E-state index contributed by atoms with van der Waals surface area (Å²) >= 11 is 0. The Kier molecular flexibility index (Phi) is 6.69. The highest BCUT2D eigenvalue weighted by molar-refractivity contribution is 5.99. The fourth-order valence-corrected chi connectivity index (χ4v) is 2.26. The highest BCUT2D eigenvalue weighted by atomic mass is 16.2. The quantitative estimate of drug-likeness (QED) is 0.839. The van der Waals surface area contributed by atoms with Gasteiger partial charge in [0.2, 0.25) is 0 Å². The molecule has 4 nitrogen and oxygen atoms in total. The zero-order chi connectivity index (χ0) is 16.0. The zero-order valence-corrected chi connectivity index (χ0v) is 14.2. The molecule has 0 spiro atoms. The highest BCUT2D eigenvalue weighted by Gasteiger charge is 2.19. The highest BCUT2D eigenvalue weighted by Crippen LogP contribution is 2.19. The van der Waals surface area contributed by atoms with Crippen LogP contribution in [-0.2, 0) is 0 Å². The molecule has 0 unspecified atom stereocenters. The molecule has 1 amide bonds. The molecule has 0 aliphatic heterocycles. The van der Waals surface area contributed by atoms with Gasteiger partial charge in [0, 0.05) is 32.4 Å². The molecular formula is C17H29N3O. The fraction of sp³-hybridized carbons (Fsp3) is 0.588. The molecule has 0 fully saturated rings. The minimum atomic E-state index is 0.106.